The molecule has 8 nitrogen and oxygen atoms in total. The van der Waals surface area contributed by atoms with E-state index in [2.05, 4.69) is 52.0 Å². The first-order valence-electron chi connectivity index (χ1n) is 16.1. The lowest BCUT2D eigenvalue weighted by atomic mass is 9.77. The fourth-order valence-corrected chi connectivity index (χ4v) is 4.75. The maximum absolute atomic E-state index is 6.44. The molecule has 0 aliphatic carbocycles. The molecule has 0 saturated carbocycles. The molecular formula is C35H52O8. The van der Waals surface area contributed by atoms with Gasteiger partial charge in [0.1, 0.15) is 49.1 Å². The minimum atomic E-state index is -0.404. The van der Waals surface area contributed by atoms with Crippen LogP contribution in [0.25, 0.3) is 0 Å². The monoisotopic (exact) mass is 600 g/mol. The van der Waals surface area contributed by atoms with Gasteiger partial charge < -0.3 is 37.9 Å². The number of hydrogen-bond donors (Lipinski definition) is 0. The molecule has 0 amide bonds. The summed E-state index contributed by atoms with van der Waals surface area (Å²) in [6, 6.07) is 16.4. The van der Waals surface area contributed by atoms with Gasteiger partial charge in [0.2, 0.25) is 0 Å². The van der Waals surface area contributed by atoms with Crippen molar-refractivity contribution in [2.75, 3.05) is 66.1 Å². The highest BCUT2D eigenvalue weighted by molar-refractivity contribution is 5.50. The Bertz CT molecular complexity index is 970. The van der Waals surface area contributed by atoms with Gasteiger partial charge in [-0.05, 0) is 25.0 Å². The molecule has 2 aromatic carbocycles. The number of unbranched alkanes of at least 4 members (excludes halogenated alkanes) is 2. The number of para-hydroxylation sites is 2. The Kier molecular flexibility index (Phi) is 14.1. The van der Waals surface area contributed by atoms with Crippen molar-refractivity contribution < 1.29 is 37.9 Å². The number of ether oxygens (including phenoxy) is 8. The van der Waals surface area contributed by atoms with Gasteiger partial charge in [0, 0.05) is 29.8 Å². The molecule has 2 aliphatic rings. The number of benzene rings is 2. The minimum absolute atomic E-state index is 0.176. The maximum Gasteiger partial charge on any atom is 0.123 e. The fraction of sp³-hybridized carbons (Fsp3) is 0.657. The van der Waals surface area contributed by atoms with Crippen molar-refractivity contribution in [1.29, 1.82) is 0 Å². The molecule has 2 aromatic rings. The largest absolute Gasteiger partial charge is 0.490 e. The smallest absolute Gasteiger partial charge is 0.123 e. The second-order valence-electron chi connectivity index (χ2n) is 11.9. The van der Waals surface area contributed by atoms with Crippen LogP contribution in [0.15, 0.2) is 48.5 Å². The van der Waals surface area contributed by atoms with Crippen LogP contribution < -0.4 is 9.47 Å². The first kappa shape index (κ1) is 33.7. The van der Waals surface area contributed by atoms with Crippen molar-refractivity contribution >= 4 is 0 Å². The fourth-order valence-electron chi connectivity index (χ4n) is 4.75. The first-order chi connectivity index (χ1) is 21.0. The van der Waals surface area contributed by atoms with E-state index in [0.29, 0.717) is 39.6 Å². The predicted molar refractivity (Wildman–Crippen MR) is 166 cm³/mol. The average molecular weight is 601 g/mol. The van der Waals surface area contributed by atoms with Crippen LogP contribution >= 0.6 is 0 Å². The van der Waals surface area contributed by atoms with Crippen LogP contribution in [-0.4, -0.2) is 90.5 Å². The van der Waals surface area contributed by atoms with Crippen LogP contribution in [-0.2, 0) is 33.8 Å². The van der Waals surface area contributed by atoms with Crippen molar-refractivity contribution in [1.82, 2.24) is 0 Å². The van der Waals surface area contributed by atoms with Gasteiger partial charge in [0.25, 0.3) is 0 Å². The van der Waals surface area contributed by atoms with E-state index in [9.17, 15) is 0 Å². The lowest BCUT2D eigenvalue weighted by Gasteiger charge is -2.31. The van der Waals surface area contributed by atoms with Crippen LogP contribution in [0.3, 0.4) is 0 Å². The summed E-state index contributed by atoms with van der Waals surface area (Å²) < 4.78 is 47.6. The van der Waals surface area contributed by atoms with Crippen molar-refractivity contribution in [3.05, 3.63) is 59.7 Å². The maximum atomic E-state index is 6.44. The van der Waals surface area contributed by atoms with Gasteiger partial charge in [-0.1, -0.05) is 76.9 Å². The third kappa shape index (κ3) is 11.7. The summed E-state index contributed by atoms with van der Waals surface area (Å²) in [5, 5.41) is 0. The van der Waals surface area contributed by atoms with E-state index in [4.69, 9.17) is 37.9 Å². The Labute approximate surface area is 258 Å². The van der Waals surface area contributed by atoms with Crippen molar-refractivity contribution in [3.63, 3.8) is 0 Å². The molecule has 43 heavy (non-hydrogen) atoms. The van der Waals surface area contributed by atoms with Crippen LogP contribution in [0.5, 0.6) is 11.5 Å². The molecular weight excluding hydrogens is 548 g/mol. The average Bonchev–Trinajstić information content (AvgIpc) is 3.96. The van der Waals surface area contributed by atoms with Gasteiger partial charge in [-0.3, -0.25) is 0 Å². The van der Waals surface area contributed by atoms with Crippen molar-refractivity contribution in [2.45, 2.75) is 83.2 Å². The molecule has 0 N–H and O–H groups in total. The van der Waals surface area contributed by atoms with Crippen molar-refractivity contribution in [2.24, 2.45) is 0 Å². The zero-order valence-corrected chi connectivity index (χ0v) is 26.6. The Morgan fingerprint density at radius 3 is 1.49 bits per heavy atom. The van der Waals surface area contributed by atoms with E-state index in [0.717, 1.165) is 74.7 Å². The quantitative estimate of drug-likeness (QED) is 0.108. The molecule has 4 atom stereocenters. The van der Waals surface area contributed by atoms with E-state index in [1.807, 2.05) is 24.3 Å². The van der Waals surface area contributed by atoms with E-state index < -0.39 is 5.41 Å². The molecule has 2 fully saturated rings. The van der Waals surface area contributed by atoms with E-state index in [-0.39, 0.29) is 24.4 Å². The summed E-state index contributed by atoms with van der Waals surface area (Å²) in [5.74, 6) is 1.64. The standard InChI is InChI=1S/C35H52O8/c1-5-7-17-36-19-27(38-21-29-23-40-29)25-42-33-15-11-9-13-31(33)35(3,4)32-14-10-12-16-34(32)43-26-28(20-37-18-8-6-2)39-22-30-24-41-30/h9-16,27-30H,5-8,17-26H2,1-4H3. The molecule has 2 saturated heterocycles. The van der Waals surface area contributed by atoms with E-state index >= 15 is 0 Å². The summed E-state index contributed by atoms with van der Waals surface area (Å²) in [6.07, 6.45) is 4.29. The summed E-state index contributed by atoms with van der Waals surface area (Å²) in [6.45, 7) is 14.6. The highest BCUT2D eigenvalue weighted by atomic mass is 16.6. The summed E-state index contributed by atoms with van der Waals surface area (Å²) >= 11 is 0. The third-order valence-corrected chi connectivity index (χ3v) is 7.70. The second-order valence-corrected chi connectivity index (χ2v) is 11.9. The van der Waals surface area contributed by atoms with Crippen LogP contribution in [0.1, 0.15) is 64.5 Å². The Morgan fingerprint density at radius 2 is 1.09 bits per heavy atom. The normalized spacial score (nSPS) is 19.2. The van der Waals surface area contributed by atoms with Gasteiger partial charge in [-0.2, -0.15) is 0 Å². The van der Waals surface area contributed by atoms with Gasteiger partial charge >= 0.3 is 0 Å². The summed E-state index contributed by atoms with van der Waals surface area (Å²) in [4.78, 5) is 0. The molecule has 2 heterocycles. The lowest BCUT2D eigenvalue weighted by molar-refractivity contribution is -0.0421. The third-order valence-electron chi connectivity index (χ3n) is 7.70. The van der Waals surface area contributed by atoms with Gasteiger partial charge in [-0.15, -0.1) is 0 Å². The zero-order chi connectivity index (χ0) is 30.3. The molecule has 8 heteroatoms. The highest BCUT2D eigenvalue weighted by Gasteiger charge is 2.31. The molecule has 0 spiro atoms. The Hall–Kier alpha value is -2.20. The molecule has 2 aliphatic heterocycles. The Morgan fingerprint density at radius 1 is 0.674 bits per heavy atom. The molecule has 4 unspecified atom stereocenters. The van der Waals surface area contributed by atoms with Crippen LogP contribution in [0, 0.1) is 0 Å². The summed E-state index contributed by atoms with van der Waals surface area (Å²) in [5.41, 5.74) is 1.74. The zero-order valence-electron chi connectivity index (χ0n) is 26.6. The second kappa shape index (κ2) is 17.9. The van der Waals surface area contributed by atoms with E-state index in [1.165, 1.54) is 0 Å². The molecule has 4 rings (SSSR count). The van der Waals surface area contributed by atoms with Gasteiger partial charge in [0.15, 0.2) is 0 Å². The molecule has 240 valence electrons. The number of epoxide rings is 2. The first-order valence-corrected chi connectivity index (χ1v) is 16.1. The van der Waals surface area contributed by atoms with Crippen molar-refractivity contribution in [3.8, 4) is 11.5 Å². The van der Waals surface area contributed by atoms with Gasteiger partial charge in [-0.25, -0.2) is 0 Å². The SMILES string of the molecule is CCCCOCC(COc1ccccc1C(C)(C)c1ccccc1OCC(COCCCC)OCC1CO1)OCC1CO1. The van der Waals surface area contributed by atoms with Gasteiger partial charge in [0.05, 0.1) is 39.6 Å². The lowest BCUT2D eigenvalue weighted by Crippen LogP contribution is -2.30. The molecule has 0 radical (unpaired) electrons. The molecule has 0 bridgehead atoms. The number of rotatable bonds is 24. The van der Waals surface area contributed by atoms with Crippen LogP contribution in [0.2, 0.25) is 0 Å². The number of hydrogen-bond acceptors (Lipinski definition) is 8. The topological polar surface area (TPSA) is 80.4 Å². The minimum Gasteiger partial charge on any atom is -0.490 e. The highest BCUT2D eigenvalue weighted by Crippen LogP contribution is 2.41. The molecule has 0 aromatic heterocycles. The summed E-state index contributed by atoms with van der Waals surface area (Å²) in [7, 11) is 0. The Balaban J connectivity index is 1.42. The van der Waals surface area contributed by atoms with E-state index in [1.54, 1.807) is 0 Å². The van der Waals surface area contributed by atoms with Crippen LogP contribution in [0.4, 0.5) is 0 Å². The predicted octanol–water partition coefficient (Wildman–Crippen LogP) is 5.97.